The first-order valence-electron chi connectivity index (χ1n) is 0. The van der Waals surface area contributed by atoms with Gasteiger partial charge in [0.2, 0.25) is 0 Å². The molecule has 0 saturated heterocycles. The minimum atomic E-state index is 0. The standard InChI is InChI=1S/4O.Ru.Ta/q4*-2;+3;+5. The minimum Gasteiger partial charge on any atom is -2.00 e. The molecule has 0 spiro atoms. The van der Waals surface area contributed by atoms with Crippen LogP contribution in [0.1, 0.15) is 0 Å². The van der Waals surface area contributed by atoms with E-state index in [9.17, 15) is 0 Å². The molecular weight excluding hydrogens is 346 g/mol. The van der Waals surface area contributed by atoms with Crippen molar-refractivity contribution < 1.29 is 63.8 Å². The van der Waals surface area contributed by atoms with Gasteiger partial charge in [0.1, 0.15) is 0 Å². The van der Waals surface area contributed by atoms with Crippen molar-refractivity contribution in [3.05, 3.63) is 0 Å². The van der Waals surface area contributed by atoms with Gasteiger partial charge in [-0.1, -0.05) is 0 Å². The van der Waals surface area contributed by atoms with Gasteiger partial charge in [0.25, 0.3) is 0 Å². The predicted octanol–water partition coefficient (Wildman–Crippen LogP) is -0.480. The van der Waals surface area contributed by atoms with E-state index in [1.54, 1.807) is 0 Å². The summed E-state index contributed by atoms with van der Waals surface area (Å²) in [5.74, 6) is 0. The Labute approximate surface area is 63.8 Å². The van der Waals surface area contributed by atoms with Crippen LogP contribution in [0.3, 0.4) is 0 Å². The first-order chi connectivity index (χ1) is 0. The van der Waals surface area contributed by atoms with E-state index in [4.69, 9.17) is 0 Å². The molecule has 0 saturated carbocycles. The van der Waals surface area contributed by atoms with E-state index in [0.29, 0.717) is 0 Å². The van der Waals surface area contributed by atoms with Gasteiger partial charge in [-0.2, -0.15) is 0 Å². The molecule has 6 heteroatoms. The van der Waals surface area contributed by atoms with Crippen LogP contribution in [0.5, 0.6) is 0 Å². The van der Waals surface area contributed by atoms with Crippen molar-refractivity contribution in [1.82, 2.24) is 0 Å². The Morgan fingerprint density at radius 3 is 0.500 bits per heavy atom. The van der Waals surface area contributed by atoms with Crippen molar-refractivity contribution in [2.75, 3.05) is 0 Å². The maximum Gasteiger partial charge on any atom is 5.00 e. The molecule has 4 nitrogen and oxygen atoms in total. The van der Waals surface area contributed by atoms with Crippen LogP contribution in [-0.2, 0) is 63.8 Å². The second-order valence-electron chi connectivity index (χ2n) is 0. The number of hydrogen-bond acceptors (Lipinski definition) is 0. The van der Waals surface area contributed by atoms with Crippen molar-refractivity contribution in [3.63, 3.8) is 0 Å². The summed E-state index contributed by atoms with van der Waals surface area (Å²) < 4.78 is 0. The van der Waals surface area contributed by atoms with Crippen LogP contribution in [0.15, 0.2) is 0 Å². The Kier molecular flexibility index (Phi) is 3700. The molecule has 0 amide bonds. The largest absolute Gasteiger partial charge is 5.00 e. The molecule has 1 radical (unpaired) electrons. The molecule has 0 aliphatic carbocycles. The van der Waals surface area contributed by atoms with Gasteiger partial charge in [-0.05, 0) is 0 Å². The van der Waals surface area contributed by atoms with Crippen molar-refractivity contribution in [2.24, 2.45) is 0 Å². The van der Waals surface area contributed by atoms with Crippen LogP contribution in [-0.4, -0.2) is 0 Å². The molecule has 0 rings (SSSR count). The second kappa shape index (κ2) is 116. The van der Waals surface area contributed by atoms with E-state index >= 15 is 0 Å². The van der Waals surface area contributed by atoms with Gasteiger partial charge >= 0.3 is 41.9 Å². The zero-order chi connectivity index (χ0) is 0. The van der Waals surface area contributed by atoms with Gasteiger partial charge in [0.15, 0.2) is 0 Å². The maximum atomic E-state index is 0. The molecule has 37 valence electrons. The first-order valence-corrected chi connectivity index (χ1v) is 0. The fourth-order valence-corrected chi connectivity index (χ4v) is 0. The maximum absolute atomic E-state index is 0. The van der Waals surface area contributed by atoms with Gasteiger partial charge in [-0.15, -0.1) is 0 Å². The summed E-state index contributed by atoms with van der Waals surface area (Å²) in [6.45, 7) is 0. The third kappa shape index (κ3) is 63.5. The zero-order valence-corrected chi connectivity index (χ0v) is 7.39. The van der Waals surface area contributed by atoms with Crippen molar-refractivity contribution in [2.45, 2.75) is 0 Å². The number of hydrogen-bond donors (Lipinski definition) is 0. The average molecular weight is 346 g/mol. The molecule has 0 heterocycles. The fourth-order valence-electron chi connectivity index (χ4n) is 0. The number of rotatable bonds is 0. The molecule has 0 N–H and O–H groups in total. The Balaban J connectivity index is 0. The molecule has 0 aliphatic heterocycles. The smallest absolute Gasteiger partial charge is 2.00 e. The van der Waals surface area contributed by atoms with Crippen LogP contribution in [0.25, 0.3) is 0 Å². The van der Waals surface area contributed by atoms with Crippen LogP contribution in [0.2, 0.25) is 0 Å². The molecule has 0 bridgehead atoms. The van der Waals surface area contributed by atoms with Crippen LogP contribution in [0.4, 0.5) is 0 Å². The van der Waals surface area contributed by atoms with E-state index in [1.165, 1.54) is 0 Å². The van der Waals surface area contributed by atoms with E-state index < -0.39 is 0 Å². The first kappa shape index (κ1) is 191. The van der Waals surface area contributed by atoms with E-state index in [0.717, 1.165) is 0 Å². The summed E-state index contributed by atoms with van der Waals surface area (Å²) in [5, 5.41) is 0. The fraction of sp³-hybridized carbons (Fsp3) is 0. The quantitative estimate of drug-likeness (QED) is 0.528. The second-order valence-corrected chi connectivity index (χ2v) is 0. The monoisotopic (exact) mass is 347 g/mol. The Bertz CT molecular complexity index is 7.51. The normalized spacial score (nSPS) is 0. The summed E-state index contributed by atoms with van der Waals surface area (Å²) in [6.07, 6.45) is 0. The van der Waals surface area contributed by atoms with Gasteiger partial charge in [0, 0.05) is 0 Å². The van der Waals surface area contributed by atoms with E-state index in [1.807, 2.05) is 0 Å². The Morgan fingerprint density at radius 2 is 0.500 bits per heavy atom. The third-order valence-corrected chi connectivity index (χ3v) is 0. The minimum absolute atomic E-state index is 0. The molecule has 0 aromatic heterocycles. The predicted molar refractivity (Wildman–Crippen MR) is 2.75 cm³/mol. The summed E-state index contributed by atoms with van der Waals surface area (Å²) in [7, 11) is 0. The summed E-state index contributed by atoms with van der Waals surface area (Å²) in [6, 6.07) is 0. The zero-order valence-electron chi connectivity index (χ0n) is 2.43. The van der Waals surface area contributed by atoms with E-state index in [-0.39, 0.29) is 63.8 Å². The molecule has 6 heavy (non-hydrogen) atoms. The topological polar surface area (TPSA) is 114 Å². The molecule has 0 aromatic rings. The summed E-state index contributed by atoms with van der Waals surface area (Å²) in [5.41, 5.74) is 0. The SMILES string of the molecule is [O-2].[O-2].[O-2].[O-2].[Ru+3].[Ta+5]. The van der Waals surface area contributed by atoms with Crippen molar-refractivity contribution >= 4 is 0 Å². The van der Waals surface area contributed by atoms with Gasteiger partial charge < -0.3 is 21.9 Å². The third-order valence-electron chi connectivity index (χ3n) is 0. The van der Waals surface area contributed by atoms with Crippen LogP contribution in [0, 0.1) is 0 Å². The van der Waals surface area contributed by atoms with Crippen LogP contribution < -0.4 is 0 Å². The van der Waals surface area contributed by atoms with Crippen molar-refractivity contribution in [1.29, 1.82) is 0 Å². The molecule has 0 aliphatic rings. The van der Waals surface area contributed by atoms with Crippen molar-refractivity contribution in [3.8, 4) is 0 Å². The van der Waals surface area contributed by atoms with Gasteiger partial charge in [0.05, 0.1) is 0 Å². The average Bonchev–Trinajstić information content (AvgIpc) is 0. The Morgan fingerprint density at radius 1 is 0.500 bits per heavy atom. The van der Waals surface area contributed by atoms with E-state index in [2.05, 4.69) is 0 Å². The molecule has 0 fully saturated rings. The summed E-state index contributed by atoms with van der Waals surface area (Å²) >= 11 is 0. The molecule has 0 atom stereocenters. The molecule has 0 aromatic carbocycles. The van der Waals surface area contributed by atoms with Gasteiger partial charge in [-0.3, -0.25) is 0 Å². The molecule has 0 unspecified atom stereocenters. The molecular formula is O4RuTa. The Hall–Kier alpha value is 1.20. The van der Waals surface area contributed by atoms with Gasteiger partial charge in [-0.25, -0.2) is 0 Å². The van der Waals surface area contributed by atoms with Crippen LogP contribution >= 0.6 is 0 Å². The summed E-state index contributed by atoms with van der Waals surface area (Å²) in [4.78, 5) is 0.